The molecule has 0 saturated carbocycles. The maximum Gasteiger partial charge on any atom is 0.323 e. The number of carbonyl (C=O) groups is 2. The summed E-state index contributed by atoms with van der Waals surface area (Å²) in [4.78, 5) is 38.1. The Bertz CT molecular complexity index is 878. The minimum atomic E-state index is -1.08. The summed E-state index contributed by atoms with van der Waals surface area (Å²) >= 11 is 0. The van der Waals surface area contributed by atoms with Crippen LogP contribution in [0.25, 0.3) is 5.65 Å². The van der Waals surface area contributed by atoms with Crippen LogP contribution >= 0.6 is 0 Å². The average molecular weight is 318 g/mol. The van der Waals surface area contributed by atoms with Crippen molar-refractivity contribution in [1.82, 2.24) is 19.1 Å². The Balaban J connectivity index is 2.35. The molecule has 0 bridgehead atoms. The van der Waals surface area contributed by atoms with Crippen LogP contribution in [0.1, 0.15) is 42.5 Å². The molecule has 0 atom stereocenters. The molecule has 0 radical (unpaired) electrons. The molecule has 23 heavy (non-hydrogen) atoms. The summed E-state index contributed by atoms with van der Waals surface area (Å²) in [5.41, 5.74) is 1.14. The van der Waals surface area contributed by atoms with Gasteiger partial charge in [0.15, 0.2) is 0 Å². The Hall–Kier alpha value is -2.64. The van der Waals surface area contributed by atoms with Crippen molar-refractivity contribution in [2.24, 2.45) is 0 Å². The number of amides is 1. The van der Waals surface area contributed by atoms with Gasteiger partial charge in [0.2, 0.25) is 0 Å². The molecule has 2 aromatic rings. The average Bonchev–Trinajstić information content (AvgIpc) is 3.05. The molecule has 8 nitrogen and oxygen atoms in total. The number of rotatable bonds is 4. The van der Waals surface area contributed by atoms with Crippen LogP contribution in [0.5, 0.6) is 0 Å². The van der Waals surface area contributed by atoms with Crippen molar-refractivity contribution in [2.45, 2.75) is 46.3 Å². The number of aliphatic carboxylic acids is 1. The van der Waals surface area contributed by atoms with Gasteiger partial charge in [-0.25, -0.2) is 0 Å². The van der Waals surface area contributed by atoms with Gasteiger partial charge in [-0.2, -0.15) is 9.61 Å². The fourth-order valence-electron chi connectivity index (χ4n) is 2.92. The summed E-state index contributed by atoms with van der Waals surface area (Å²) in [7, 11) is 0. The summed E-state index contributed by atoms with van der Waals surface area (Å²) in [6.07, 6.45) is 0.616. The molecule has 0 unspecified atom stereocenters. The monoisotopic (exact) mass is 318 g/mol. The van der Waals surface area contributed by atoms with Gasteiger partial charge in [-0.3, -0.25) is 14.4 Å². The molecule has 3 heterocycles. The highest BCUT2D eigenvalue weighted by atomic mass is 16.4. The van der Waals surface area contributed by atoms with Crippen molar-refractivity contribution in [2.75, 3.05) is 0 Å². The van der Waals surface area contributed by atoms with E-state index in [2.05, 4.69) is 5.10 Å². The standard InChI is InChI=1S/C15H18N4O4/c1-4-9-5-11-18(7-12(20)21)13-10(14(22)19(11)16-9)6-17(8(2)3)15(13)23/h5,8H,4,6-7H2,1-3H3,(H,20,21). The predicted molar refractivity (Wildman–Crippen MR) is 81.5 cm³/mol. The van der Waals surface area contributed by atoms with E-state index in [9.17, 15) is 19.5 Å². The number of hydrogen-bond donors (Lipinski definition) is 1. The smallest absolute Gasteiger partial charge is 0.323 e. The molecule has 1 N–H and O–H groups in total. The highest BCUT2D eigenvalue weighted by Crippen LogP contribution is 2.24. The van der Waals surface area contributed by atoms with E-state index in [0.29, 0.717) is 23.3 Å². The van der Waals surface area contributed by atoms with Crippen molar-refractivity contribution < 1.29 is 14.7 Å². The second-order valence-electron chi connectivity index (χ2n) is 5.90. The van der Waals surface area contributed by atoms with Crippen LogP contribution < -0.4 is 5.56 Å². The molecule has 1 amide bonds. The number of carboxylic acid groups (broad SMARTS) is 1. The Kier molecular flexibility index (Phi) is 3.46. The third-order valence-electron chi connectivity index (χ3n) is 4.09. The van der Waals surface area contributed by atoms with E-state index >= 15 is 0 Å². The number of aromatic nitrogens is 3. The third-order valence-corrected chi connectivity index (χ3v) is 4.09. The van der Waals surface area contributed by atoms with Gasteiger partial charge in [0.1, 0.15) is 17.9 Å². The Morgan fingerprint density at radius 2 is 2.09 bits per heavy atom. The number of carboxylic acids is 1. The van der Waals surface area contributed by atoms with Crippen LogP contribution in [0.15, 0.2) is 10.9 Å². The first-order valence-corrected chi connectivity index (χ1v) is 7.52. The SMILES string of the molecule is CCc1cc2n(CC(=O)O)c3c(c(=O)n2n1)CN(C(C)C)C3=O. The topological polar surface area (TPSA) is 96.9 Å². The van der Waals surface area contributed by atoms with Gasteiger partial charge in [-0.1, -0.05) is 6.92 Å². The fraction of sp³-hybridized carbons (Fsp3) is 0.467. The zero-order valence-corrected chi connectivity index (χ0v) is 13.2. The van der Waals surface area contributed by atoms with Crippen molar-refractivity contribution in [1.29, 1.82) is 0 Å². The first-order chi connectivity index (χ1) is 10.8. The van der Waals surface area contributed by atoms with Gasteiger partial charge in [0.25, 0.3) is 11.5 Å². The predicted octanol–water partition coefficient (Wildman–Crippen LogP) is 0.507. The van der Waals surface area contributed by atoms with E-state index in [1.165, 1.54) is 9.08 Å². The molecule has 122 valence electrons. The summed E-state index contributed by atoms with van der Waals surface area (Å²) < 4.78 is 2.59. The van der Waals surface area contributed by atoms with Gasteiger partial charge >= 0.3 is 5.97 Å². The summed E-state index contributed by atoms with van der Waals surface area (Å²) in [5.74, 6) is -1.39. The van der Waals surface area contributed by atoms with E-state index in [-0.39, 0.29) is 29.7 Å². The summed E-state index contributed by atoms with van der Waals surface area (Å²) in [6.45, 7) is 5.40. The van der Waals surface area contributed by atoms with Crippen LogP contribution in [-0.2, 0) is 24.3 Å². The van der Waals surface area contributed by atoms with Crippen molar-refractivity contribution >= 4 is 17.5 Å². The number of nitrogens with zero attached hydrogens (tertiary/aromatic N) is 4. The van der Waals surface area contributed by atoms with Gasteiger partial charge in [0, 0.05) is 12.1 Å². The van der Waals surface area contributed by atoms with E-state index in [1.54, 1.807) is 11.0 Å². The molecule has 1 aliphatic rings. The highest BCUT2D eigenvalue weighted by Gasteiger charge is 2.36. The molecule has 0 fully saturated rings. The third kappa shape index (κ3) is 2.21. The van der Waals surface area contributed by atoms with Crippen LogP contribution in [-0.4, -0.2) is 42.1 Å². The van der Waals surface area contributed by atoms with Gasteiger partial charge < -0.3 is 14.6 Å². The number of hydrogen-bond acceptors (Lipinski definition) is 4. The second kappa shape index (κ2) is 5.22. The van der Waals surface area contributed by atoms with E-state index in [4.69, 9.17) is 0 Å². The van der Waals surface area contributed by atoms with E-state index < -0.39 is 12.5 Å². The highest BCUT2D eigenvalue weighted by molar-refractivity contribution is 5.97. The second-order valence-corrected chi connectivity index (χ2v) is 5.90. The summed E-state index contributed by atoms with van der Waals surface area (Å²) in [6, 6.07) is 1.58. The molecule has 3 rings (SSSR count). The molecule has 8 heteroatoms. The van der Waals surface area contributed by atoms with Crippen LogP contribution in [0.3, 0.4) is 0 Å². The quantitative estimate of drug-likeness (QED) is 0.886. The molecule has 1 aliphatic heterocycles. The Morgan fingerprint density at radius 1 is 1.39 bits per heavy atom. The number of aryl methyl sites for hydroxylation is 1. The van der Waals surface area contributed by atoms with Gasteiger partial charge in [-0.05, 0) is 20.3 Å². The number of fused-ring (bicyclic) bond motifs is 2. The maximum absolute atomic E-state index is 12.7. The Morgan fingerprint density at radius 3 is 2.65 bits per heavy atom. The largest absolute Gasteiger partial charge is 0.480 e. The molecule has 0 spiro atoms. The van der Waals surface area contributed by atoms with Crippen LogP contribution in [0.2, 0.25) is 0 Å². The lowest BCUT2D eigenvalue weighted by Crippen LogP contribution is -2.32. The maximum atomic E-state index is 12.7. The van der Waals surface area contributed by atoms with Crippen LogP contribution in [0, 0.1) is 0 Å². The lowest BCUT2D eigenvalue weighted by molar-refractivity contribution is -0.137. The zero-order chi connectivity index (χ0) is 16.9. The van der Waals surface area contributed by atoms with Crippen LogP contribution in [0.4, 0.5) is 0 Å². The molecule has 0 saturated heterocycles. The minimum absolute atomic E-state index is 0.0777. The fourth-order valence-corrected chi connectivity index (χ4v) is 2.92. The first kappa shape index (κ1) is 15.3. The molecular weight excluding hydrogens is 300 g/mol. The zero-order valence-electron chi connectivity index (χ0n) is 13.2. The normalized spacial score (nSPS) is 14.1. The molecular formula is C15H18N4O4. The van der Waals surface area contributed by atoms with Crippen molar-refractivity contribution in [3.63, 3.8) is 0 Å². The van der Waals surface area contributed by atoms with Crippen molar-refractivity contribution in [3.05, 3.63) is 33.4 Å². The minimum Gasteiger partial charge on any atom is -0.480 e. The van der Waals surface area contributed by atoms with Gasteiger partial charge in [0.05, 0.1) is 17.8 Å². The Labute approximate surface area is 131 Å². The lowest BCUT2D eigenvalue weighted by atomic mass is 10.2. The van der Waals surface area contributed by atoms with E-state index in [0.717, 1.165) is 0 Å². The molecule has 0 aliphatic carbocycles. The first-order valence-electron chi connectivity index (χ1n) is 7.52. The summed E-state index contributed by atoms with van der Waals surface area (Å²) in [5, 5.41) is 13.4. The molecule has 0 aromatic carbocycles. The van der Waals surface area contributed by atoms with Crippen molar-refractivity contribution in [3.8, 4) is 0 Å². The van der Waals surface area contributed by atoms with E-state index in [1.807, 2.05) is 20.8 Å². The molecule has 2 aromatic heterocycles. The lowest BCUT2D eigenvalue weighted by Gasteiger charge is -2.19. The van der Waals surface area contributed by atoms with Gasteiger partial charge in [-0.15, -0.1) is 0 Å². The number of carbonyl (C=O) groups excluding carboxylic acids is 1.